The first-order chi connectivity index (χ1) is 10.8. The highest BCUT2D eigenvalue weighted by molar-refractivity contribution is 5.78. The molecule has 0 unspecified atom stereocenters. The molecule has 0 saturated carbocycles. The topological polar surface area (TPSA) is 41.1 Å². The summed E-state index contributed by atoms with van der Waals surface area (Å²) in [5.74, 6) is 0.532. The minimum Gasteiger partial charge on any atom is -0.338 e. The van der Waals surface area contributed by atoms with Crippen molar-refractivity contribution in [3.05, 3.63) is 59.7 Å². The van der Waals surface area contributed by atoms with Gasteiger partial charge in [0.25, 0.3) is 0 Å². The summed E-state index contributed by atoms with van der Waals surface area (Å²) in [6.45, 7) is 5.73. The van der Waals surface area contributed by atoms with Crippen molar-refractivity contribution in [2.24, 2.45) is 0 Å². The molecule has 3 rings (SSSR count). The third-order valence-corrected chi connectivity index (χ3v) is 3.79. The van der Waals surface area contributed by atoms with Crippen LogP contribution in [0.5, 0.6) is 0 Å². The standard InChI is InChI=1S/C17H19FN4/c1-2-16(13-3-5-15(18)6-4-13)14-11-20-17(21-12-14)22-9-7-19-8-10-22/h2-6,11-12,19H,7-10H2,1H3. The smallest absolute Gasteiger partial charge is 0.225 e. The normalized spacial score (nSPS) is 15.9. The summed E-state index contributed by atoms with van der Waals surface area (Å²) in [5, 5.41) is 3.31. The molecule has 2 aromatic rings. The average molecular weight is 298 g/mol. The number of hydrogen-bond acceptors (Lipinski definition) is 4. The zero-order chi connectivity index (χ0) is 15.4. The quantitative estimate of drug-likeness (QED) is 0.945. The van der Waals surface area contributed by atoms with Crippen LogP contribution in [0.2, 0.25) is 0 Å². The molecule has 114 valence electrons. The molecule has 1 N–H and O–H groups in total. The molecule has 1 aliphatic heterocycles. The number of rotatable bonds is 3. The summed E-state index contributed by atoms with van der Waals surface area (Å²) in [6.07, 6.45) is 5.67. The molecule has 0 amide bonds. The lowest BCUT2D eigenvalue weighted by atomic mass is 10.0. The van der Waals surface area contributed by atoms with Gasteiger partial charge in [-0.05, 0) is 30.2 Å². The van der Waals surface area contributed by atoms with Crippen molar-refractivity contribution in [1.29, 1.82) is 0 Å². The number of nitrogens with zero attached hydrogens (tertiary/aromatic N) is 3. The van der Waals surface area contributed by atoms with Gasteiger partial charge in [-0.2, -0.15) is 0 Å². The fourth-order valence-corrected chi connectivity index (χ4v) is 2.62. The van der Waals surface area contributed by atoms with Crippen LogP contribution in [0.15, 0.2) is 42.7 Å². The Labute approximate surface area is 129 Å². The summed E-state index contributed by atoms with van der Waals surface area (Å²) in [5.41, 5.74) is 2.90. The minimum atomic E-state index is -0.232. The maximum atomic E-state index is 13.1. The molecule has 1 aromatic heterocycles. The van der Waals surface area contributed by atoms with E-state index in [9.17, 15) is 4.39 Å². The van der Waals surface area contributed by atoms with Gasteiger partial charge in [0.1, 0.15) is 5.82 Å². The third kappa shape index (κ3) is 3.14. The number of allylic oxidation sites excluding steroid dienone is 1. The van der Waals surface area contributed by atoms with Gasteiger partial charge in [-0.25, -0.2) is 14.4 Å². The summed E-state index contributed by atoms with van der Waals surface area (Å²) in [6, 6.07) is 6.48. The number of hydrogen-bond donors (Lipinski definition) is 1. The number of piperazine rings is 1. The van der Waals surface area contributed by atoms with Crippen molar-refractivity contribution in [2.75, 3.05) is 31.1 Å². The third-order valence-electron chi connectivity index (χ3n) is 3.79. The molecule has 0 aliphatic carbocycles. The highest BCUT2D eigenvalue weighted by Gasteiger charge is 2.13. The molecule has 5 heteroatoms. The number of halogens is 1. The molecule has 2 heterocycles. The van der Waals surface area contributed by atoms with Crippen molar-refractivity contribution < 1.29 is 4.39 Å². The van der Waals surface area contributed by atoms with E-state index < -0.39 is 0 Å². The molecule has 4 nitrogen and oxygen atoms in total. The van der Waals surface area contributed by atoms with E-state index in [0.717, 1.165) is 48.8 Å². The maximum absolute atomic E-state index is 13.1. The minimum absolute atomic E-state index is 0.232. The Morgan fingerprint density at radius 2 is 1.73 bits per heavy atom. The van der Waals surface area contributed by atoms with Gasteiger partial charge < -0.3 is 10.2 Å². The number of anilines is 1. The number of benzene rings is 1. The van der Waals surface area contributed by atoms with Crippen LogP contribution >= 0.6 is 0 Å². The lowest BCUT2D eigenvalue weighted by molar-refractivity contribution is 0.580. The van der Waals surface area contributed by atoms with Crippen LogP contribution in [0.3, 0.4) is 0 Å². The van der Waals surface area contributed by atoms with Crippen molar-refractivity contribution in [2.45, 2.75) is 6.92 Å². The van der Waals surface area contributed by atoms with Gasteiger partial charge in [0.2, 0.25) is 5.95 Å². The van der Waals surface area contributed by atoms with Crippen molar-refractivity contribution in [1.82, 2.24) is 15.3 Å². The molecule has 0 radical (unpaired) electrons. The van der Waals surface area contributed by atoms with Crippen molar-refractivity contribution in [3.8, 4) is 0 Å². The lowest BCUT2D eigenvalue weighted by Crippen LogP contribution is -2.44. The number of aromatic nitrogens is 2. The van der Waals surface area contributed by atoms with E-state index in [4.69, 9.17) is 0 Å². The van der Waals surface area contributed by atoms with Crippen LogP contribution in [0, 0.1) is 5.82 Å². The lowest BCUT2D eigenvalue weighted by Gasteiger charge is -2.27. The Morgan fingerprint density at radius 3 is 2.32 bits per heavy atom. The predicted molar refractivity (Wildman–Crippen MR) is 86.3 cm³/mol. The predicted octanol–water partition coefficient (Wildman–Crippen LogP) is 2.48. The molecular weight excluding hydrogens is 279 g/mol. The summed E-state index contributed by atoms with van der Waals surface area (Å²) < 4.78 is 13.1. The van der Waals surface area contributed by atoms with Gasteiger partial charge >= 0.3 is 0 Å². The Morgan fingerprint density at radius 1 is 1.09 bits per heavy atom. The van der Waals surface area contributed by atoms with E-state index in [1.165, 1.54) is 12.1 Å². The molecule has 1 fully saturated rings. The molecular formula is C17H19FN4. The summed E-state index contributed by atoms with van der Waals surface area (Å²) >= 11 is 0. The Balaban J connectivity index is 1.82. The molecule has 0 bridgehead atoms. The fourth-order valence-electron chi connectivity index (χ4n) is 2.62. The Bertz CT molecular complexity index is 643. The van der Waals surface area contributed by atoms with E-state index in [1.54, 1.807) is 12.1 Å². The van der Waals surface area contributed by atoms with Crippen molar-refractivity contribution >= 4 is 11.5 Å². The molecule has 1 aromatic carbocycles. The summed E-state index contributed by atoms with van der Waals surface area (Å²) in [4.78, 5) is 11.1. The second kappa shape index (κ2) is 6.66. The van der Waals surface area contributed by atoms with E-state index >= 15 is 0 Å². The van der Waals surface area contributed by atoms with Crippen LogP contribution in [-0.2, 0) is 0 Å². The van der Waals surface area contributed by atoms with Crippen LogP contribution in [0.1, 0.15) is 18.1 Å². The Hall–Kier alpha value is -2.27. The monoisotopic (exact) mass is 298 g/mol. The summed E-state index contributed by atoms with van der Waals surface area (Å²) in [7, 11) is 0. The maximum Gasteiger partial charge on any atom is 0.225 e. The van der Waals surface area contributed by atoms with Crippen LogP contribution < -0.4 is 10.2 Å². The molecule has 22 heavy (non-hydrogen) atoms. The zero-order valence-corrected chi connectivity index (χ0v) is 12.6. The highest BCUT2D eigenvalue weighted by atomic mass is 19.1. The van der Waals surface area contributed by atoms with Gasteiger partial charge in [0, 0.05) is 44.1 Å². The van der Waals surface area contributed by atoms with E-state index in [0.29, 0.717) is 0 Å². The number of nitrogens with one attached hydrogen (secondary N) is 1. The second-order valence-electron chi connectivity index (χ2n) is 5.22. The van der Waals surface area contributed by atoms with E-state index in [2.05, 4.69) is 20.2 Å². The van der Waals surface area contributed by atoms with E-state index in [1.807, 2.05) is 25.4 Å². The average Bonchev–Trinajstić information content (AvgIpc) is 2.59. The second-order valence-corrected chi connectivity index (χ2v) is 5.22. The van der Waals surface area contributed by atoms with Gasteiger partial charge in [0.05, 0.1) is 0 Å². The van der Waals surface area contributed by atoms with E-state index in [-0.39, 0.29) is 5.82 Å². The van der Waals surface area contributed by atoms with Crippen molar-refractivity contribution in [3.63, 3.8) is 0 Å². The zero-order valence-electron chi connectivity index (χ0n) is 12.6. The molecule has 1 aliphatic rings. The largest absolute Gasteiger partial charge is 0.338 e. The molecule has 0 spiro atoms. The van der Waals surface area contributed by atoms with Gasteiger partial charge in [-0.1, -0.05) is 18.2 Å². The highest BCUT2D eigenvalue weighted by Crippen LogP contribution is 2.23. The molecule has 0 atom stereocenters. The van der Waals surface area contributed by atoms with Crippen LogP contribution in [0.25, 0.3) is 5.57 Å². The SMILES string of the molecule is CC=C(c1ccc(F)cc1)c1cnc(N2CCNCC2)nc1. The van der Waals surface area contributed by atoms with Crippen LogP contribution in [-0.4, -0.2) is 36.1 Å². The van der Waals surface area contributed by atoms with Crippen LogP contribution in [0.4, 0.5) is 10.3 Å². The first kappa shape index (κ1) is 14.7. The molecule has 1 saturated heterocycles. The van der Waals surface area contributed by atoms with Gasteiger partial charge in [-0.3, -0.25) is 0 Å². The van der Waals surface area contributed by atoms with Gasteiger partial charge in [-0.15, -0.1) is 0 Å². The Kier molecular flexibility index (Phi) is 4.44. The first-order valence-electron chi connectivity index (χ1n) is 7.48. The van der Waals surface area contributed by atoms with Gasteiger partial charge in [0.15, 0.2) is 0 Å². The fraction of sp³-hybridized carbons (Fsp3) is 0.294. The first-order valence-corrected chi connectivity index (χ1v) is 7.48.